The topological polar surface area (TPSA) is 41.9 Å². The number of hydrogen-bond donors (Lipinski definition) is 0. The average Bonchev–Trinajstić information content (AvgIpc) is 2.76. The maximum absolute atomic E-state index is 12.3. The standard InChI is InChI=1S/C15H18N2O2S/c1-10-5-6-12(16-9-20)11-7-8-17(13(10)11)14(18)19-15(2,3)4/h5-6H,7-8H2,1-4H3. The molecule has 106 valence electrons. The molecule has 0 saturated heterocycles. The van der Waals surface area contributed by atoms with Crippen molar-refractivity contribution in [2.45, 2.75) is 39.7 Å². The van der Waals surface area contributed by atoms with Gasteiger partial charge >= 0.3 is 6.09 Å². The van der Waals surface area contributed by atoms with E-state index in [1.807, 2.05) is 39.8 Å². The molecule has 1 aliphatic heterocycles. The maximum atomic E-state index is 12.3. The van der Waals surface area contributed by atoms with Gasteiger partial charge in [0.2, 0.25) is 0 Å². The Hall–Kier alpha value is -1.71. The van der Waals surface area contributed by atoms with E-state index in [0.717, 1.165) is 28.9 Å². The van der Waals surface area contributed by atoms with Gasteiger partial charge in [-0.15, -0.1) is 0 Å². The highest BCUT2D eigenvalue weighted by Gasteiger charge is 2.31. The lowest BCUT2D eigenvalue weighted by atomic mass is 10.1. The number of carbonyl (C=O) groups excluding carboxylic acids is 1. The third-order valence-electron chi connectivity index (χ3n) is 3.10. The monoisotopic (exact) mass is 290 g/mol. The van der Waals surface area contributed by atoms with Crippen molar-refractivity contribution >= 4 is 34.8 Å². The first-order valence-electron chi connectivity index (χ1n) is 6.54. The summed E-state index contributed by atoms with van der Waals surface area (Å²) >= 11 is 4.67. The molecule has 0 atom stereocenters. The number of hydrogen-bond acceptors (Lipinski definition) is 4. The summed E-state index contributed by atoms with van der Waals surface area (Å²) in [5.41, 5.74) is 3.25. The third-order valence-corrected chi connectivity index (χ3v) is 3.19. The molecule has 0 bridgehead atoms. The molecule has 2 rings (SSSR count). The number of aliphatic imine (C=N–C) groups is 1. The van der Waals surface area contributed by atoms with Crippen LogP contribution in [0.3, 0.4) is 0 Å². The van der Waals surface area contributed by atoms with Gasteiger partial charge in [-0.1, -0.05) is 6.07 Å². The van der Waals surface area contributed by atoms with E-state index in [0.29, 0.717) is 6.54 Å². The molecule has 0 saturated carbocycles. The van der Waals surface area contributed by atoms with E-state index in [4.69, 9.17) is 4.74 Å². The van der Waals surface area contributed by atoms with Gasteiger partial charge in [0.1, 0.15) is 5.60 Å². The second-order valence-electron chi connectivity index (χ2n) is 5.81. The Morgan fingerprint density at radius 2 is 2.15 bits per heavy atom. The molecule has 1 aromatic rings. The Morgan fingerprint density at radius 1 is 1.45 bits per heavy atom. The summed E-state index contributed by atoms with van der Waals surface area (Å²) in [7, 11) is 0. The lowest BCUT2D eigenvalue weighted by Gasteiger charge is -2.25. The summed E-state index contributed by atoms with van der Waals surface area (Å²) in [4.78, 5) is 18.0. The molecule has 1 aromatic carbocycles. The zero-order valence-electron chi connectivity index (χ0n) is 12.2. The highest BCUT2D eigenvalue weighted by Crippen LogP contribution is 2.38. The minimum Gasteiger partial charge on any atom is -0.443 e. The molecule has 4 nitrogen and oxygen atoms in total. The molecular weight excluding hydrogens is 272 g/mol. The van der Waals surface area contributed by atoms with Crippen molar-refractivity contribution in [1.82, 2.24) is 0 Å². The van der Waals surface area contributed by atoms with Gasteiger partial charge in [0.25, 0.3) is 0 Å². The van der Waals surface area contributed by atoms with Crippen molar-refractivity contribution in [3.05, 3.63) is 23.3 Å². The number of benzene rings is 1. The lowest BCUT2D eigenvalue weighted by Crippen LogP contribution is -2.36. The second-order valence-corrected chi connectivity index (χ2v) is 6.00. The van der Waals surface area contributed by atoms with Gasteiger partial charge in [-0.25, -0.2) is 4.79 Å². The minimum atomic E-state index is -0.502. The summed E-state index contributed by atoms with van der Waals surface area (Å²) in [5, 5.41) is 2.39. The molecular formula is C15H18N2O2S. The number of carbonyl (C=O) groups is 1. The van der Waals surface area contributed by atoms with E-state index in [2.05, 4.69) is 22.4 Å². The summed E-state index contributed by atoms with van der Waals surface area (Å²) in [6.07, 6.45) is 0.439. The van der Waals surface area contributed by atoms with E-state index >= 15 is 0 Å². The zero-order chi connectivity index (χ0) is 14.9. The SMILES string of the molecule is Cc1ccc(N=C=S)c2c1N(C(=O)OC(C)(C)C)CC2. The van der Waals surface area contributed by atoms with E-state index in [-0.39, 0.29) is 6.09 Å². The maximum Gasteiger partial charge on any atom is 0.414 e. The molecule has 0 aromatic heterocycles. The molecule has 1 heterocycles. The Labute approximate surface area is 124 Å². The van der Waals surface area contributed by atoms with Gasteiger partial charge in [-0.2, -0.15) is 4.99 Å². The van der Waals surface area contributed by atoms with E-state index in [1.54, 1.807) is 4.90 Å². The van der Waals surface area contributed by atoms with Crippen molar-refractivity contribution in [3.63, 3.8) is 0 Å². The summed E-state index contributed by atoms with van der Waals surface area (Å²) in [6.45, 7) is 8.17. The second kappa shape index (κ2) is 5.35. The fraction of sp³-hybridized carbons (Fsp3) is 0.467. The lowest BCUT2D eigenvalue weighted by molar-refractivity contribution is 0.0584. The predicted molar refractivity (Wildman–Crippen MR) is 83.1 cm³/mol. The molecule has 0 fully saturated rings. The molecule has 1 aliphatic rings. The minimum absolute atomic E-state index is 0.317. The van der Waals surface area contributed by atoms with E-state index in [1.165, 1.54) is 0 Å². The predicted octanol–water partition coefficient (Wildman–Crippen LogP) is 4.03. The van der Waals surface area contributed by atoms with Crippen LogP contribution in [0.5, 0.6) is 0 Å². The highest BCUT2D eigenvalue weighted by atomic mass is 32.1. The molecule has 0 radical (unpaired) electrons. The highest BCUT2D eigenvalue weighted by molar-refractivity contribution is 7.78. The van der Waals surface area contributed by atoms with Gasteiger partial charge in [0.15, 0.2) is 0 Å². The summed E-state index contributed by atoms with van der Waals surface area (Å²) < 4.78 is 5.45. The fourth-order valence-corrected chi connectivity index (χ4v) is 2.45. The average molecular weight is 290 g/mol. The van der Waals surface area contributed by atoms with Crippen LogP contribution in [0.1, 0.15) is 31.9 Å². The van der Waals surface area contributed by atoms with Gasteiger partial charge in [0.05, 0.1) is 16.5 Å². The fourth-order valence-electron chi connectivity index (χ4n) is 2.35. The van der Waals surface area contributed by atoms with Crippen molar-refractivity contribution < 1.29 is 9.53 Å². The third kappa shape index (κ3) is 2.89. The van der Waals surface area contributed by atoms with Crippen molar-refractivity contribution in [1.29, 1.82) is 0 Å². The smallest absolute Gasteiger partial charge is 0.414 e. The van der Waals surface area contributed by atoms with Gasteiger partial charge in [-0.05, 0) is 58.0 Å². The molecule has 0 unspecified atom stereocenters. The Morgan fingerprint density at radius 3 is 2.75 bits per heavy atom. The molecule has 20 heavy (non-hydrogen) atoms. The molecule has 0 spiro atoms. The summed E-state index contributed by atoms with van der Waals surface area (Å²) in [6, 6.07) is 3.85. The van der Waals surface area contributed by atoms with Crippen LogP contribution in [0, 0.1) is 6.92 Å². The zero-order valence-corrected chi connectivity index (χ0v) is 13.0. The van der Waals surface area contributed by atoms with Gasteiger partial charge in [-0.3, -0.25) is 4.90 Å². The number of thiocarbonyl (C=S) groups is 1. The number of isothiocyanates is 1. The van der Waals surface area contributed by atoms with Crippen LogP contribution in [0.2, 0.25) is 0 Å². The molecule has 0 N–H and O–H groups in total. The largest absolute Gasteiger partial charge is 0.443 e. The molecule has 0 aliphatic carbocycles. The van der Waals surface area contributed by atoms with Crippen LogP contribution >= 0.6 is 12.2 Å². The van der Waals surface area contributed by atoms with Crippen LogP contribution in [0.4, 0.5) is 16.2 Å². The van der Waals surface area contributed by atoms with Crippen LogP contribution in [-0.2, 0) is 11.2 Å². The van der Waals surface area contributed by atoms with Crippen molar-refractivity contribution in [2.75, 3.05) is 11.4 Å². The van der Waals surface area contributed by atoms with Gasteiger partial charge in [0, 0.05) is 12.1 Å². The number of fused-ring (bicyclic) bond motifs is 1. The normalized spacial score (nSPS) is 13.7. The quantitative estimate of drug-likeness (QED) is 0.579. The first-order chi connectivity index (χ1) is 9.33. The number of rotatable bonds is 1. The van der Waals surface area contributed by atoms with Crippen LogP contribution in [0.25, 0.3) is 0 Å². The first kappa shape index (κ1) is 14.7. The number of aryl methyl sites for hydroxylation is 1. The first-order valence-corrected chi connectivity index (χ1v) is 6.95. The Kier molecular flexibility index (Phi) is 3.93. The number of ether oxygens (including phenoxy) is 1. The van der Waals surface area contributed by atoms with Crippen LogP contribution in [0.15, 0.2) is 17.1 Å². The van der Waals surface area contributed by atoms with E-state index in [9.17, 15) is 4.79 Å². The van der Waals surface area contributed by atoms with Crippen molar-refractivity contribution in [3.8, 4) is 0 Å². The number of nitrogens with zero attached hydrogens (tertiary/aromatic N) is 2. The summed E-state index contributed by atoms with van der Waals surface area (Å²) in [5.74, 6) is 0. The Bertz CT molecular complexity index is 599. The Balaban J connectivity index is 2.40. The molecule has 1 amide bonds. The van der Waals surface area contributed by atoms with E-state index < -0.39 is 5.60 Å². The molecule has 5 heteroatoms. The van der Waals surface area contributed by atoms with Crippen molar-refractivity contribution in [2.24, 2.45) is 4.99 Å². The van der Waals surface area contributed by atoms with Crippen LogP contribution < -0.4 is 4.90 Å². The van der Waals surface area contributed by atoms with Crippen LogP contribution in [-0.4, -0.2) is 23.4 Å². The number of amides is 1. The number of anilines is 1. The van der Waals surface area contributed by atoms with Gasteiger partial charge < -0.3 is 4.74 Å².